The Bertz CT molecular complexity index is 352. The van der Waals surface area contributed by atoms with Gasteiger partial charge in [-0.25, -0.2) is 9.97 Å². The van der Waals surface area contributed by atoms with Crippen LogP contribution in [0.15, 0.2) is 6.33 Å². The van der Waals surface area contributed by atoms with Crippen molar-refractivity contribution in [1.29, 1.82) is 0 Å². The molecule has 5 heteroatoms. The molecule has 1 atom stereocenters. The average molecular weight is 207 g/mol. The minimum absolute atomic E-state index is 0.373. The van der Waals surface area contributed by atoms with Crippen LogP contribution in [-0.4, -0.2) is 23.1 Å². The Hall–Kier alpha value is -1.52. The number of hydrogen-bond donors (Lipinski definition) is 2. The van der Waals surface area contributed by atoms with Crippen molar-refractivity contribution in [3.63, 3.8) is 0 Å². The van der Waals surface area contributed by atoms with Gasteiger partial charge in [-0.2, -0.15) is 0 Å². The second-order valence-corrected chi connectivity index (χ2v) is 4.19. The van der Waals surface area contributed by atoms with Gasteiger partial charge in [0.15, 0.2) is 11.6 Å². The first-order valence-electron chi connectivity index (χ1n) is 5.29. The van der Waals surface area contributed by atoms with Crippen molar-refractivity contribution in [1.82, 2.24) is 9.97 Å². The van der Waals surface area contributed by atoms with E-state index in [1.165, 1.54) is 19.2 Å². The molecule has 2 heterocycles. The molecule has 0 saturated carbocycles. The van der Waals surface area contributed by atoms with E-state index in [9.17, 15) is 0 Å². The lowest BCUT2D eigenvalue weighted by Crippen LogP contribution is -2.35. The Morgan fingerprint density at radius 1 is 1.40 bits per heavy atom. The van der Waals surface area contributed by atoms with Gasteiger partial charge in [-0.05, 0) is 18.8 Å². The molecular formula is C10H17N5. The van der Waals surface area contributed by atoms with Crippen LogP contribution in [-0.2, 0) is 0 Å². The van der Waals surface area contributed by atoms with E-state index in [0.29, 0.717) is 17.4 Å². The molecule has 5 nitrogen and oxygen atoms in total. The number of nitrogens with zero attached hydrogens (tertiary/aromatic N) is 3. The van der Waals surface area contributed by atoms with E-state index in [2.05, 4.69) is 21.8 Å². The fourth-order valence-electron chi connectivity index (χ4n) is 2.03. The normalized spacial score (nSPS) is 21.7. The zero-order valence-electron chi connectivity index (χ0n) is 8.98. The molecule has 82 valence electrons. The minimum atomic E-state index is 0.373. The number of aromatic nitrogens is 2. The SMILES string of the molecule is CC1CCCN(c2ncnc(N)c2N)C1. The third-order valence-electron chi connectivity index (χ3n) is 2.85. The summed E-state index contributed by atoms with van der Waals surface area (Å²) in [6.45, 7) is 4.25. The van der Waals surface area contributed by atoms with E-state index in [0.717, 1.165) is 18.9 Å². The van der Waals surface area contributed by atoms with Gasteiger partial charge >= 0.3 is 0 Å². The van der Waals surface area contributed by atoms with Crippen LogP contribution in [0.4, 0.5) is 17.3 Å². The van der Waals surface area contributed by atoms with Gasteiger partial charge in [-0.15, -0.1) is 0 Å². The molecule has 4 N–H and O–H groups in total. The molecule has 2 rings (SSSR count). The summed E-state index contributed by atoms with van der Waals surface area (Å²) in [5, 5.41) is 0. The van der Waals surface area contributed by atoms with Crippen LogP contribution in [0.2, 0.25) is 0 Å². The smallest absolute Gasteiger partial charge is 0.157 e. The van der Waals surface area contributed by atoms with Gasteiger partial charge in [0.2, 0.25) is 0 Å². The van der Waals surface area contributed by atoms with Gasteiger partial charge in [0, 0.05) is 13.1 Å². The molecule has 1 fully saturated rings. The van der Waals surface area contributed by atoms with Gasteiger partial charge in [0.1, 0.15) is 12.0 Å². The first-order chi connectivity index (χ1) is 7.18. The van der Waals surface area contributed by atoms with Crippen LogP contribution in [0.3, 0.4) is 0 Å². The standard InChI is InChI=1S/C10H17N5/c1-7-3-2-4-15(5-7)10-8(11)9(12)13-6-14-10/h6-7H,2-5,11H2,1H3,(H2,12,13,14). The molecule has 1 aromatic heterocycles. The lowest BCUT2D eigenvalue weighted by molar-refractivity contribution is 0.445. The zero-order chi connectivity index (χ0) is 10.8. The molecule has 1 aromatic rings. The molecule has 0 radical (unpaired) electrons. The summed E-state index contributed by atoms with van der Waals surface area (Å²) in [5.41, 5.74) is 12.0. The van der Waals surface area contributed by atoms with Crippen molar-refractivity contribution in [2.75, 3.05) is 29.5 Å². The molecule has 1 aliphatic rings. The molecule has 0 spiro atoms. The van der Waals surface area contributed by atoms with E-state index >= 15 is 0 Å². The molecule has 15 heavy (non-hydrogen) atoms. The van der Waals surface area contributed by atoms with Crippen LogP contribution in [0.5, 0.6) is 0 Å². The molecule has 1 unspecified atom stereocenters. The summed E-state index contributed by atoms with van der Waals surface area (Å²) < 4.78 is 0. The second-order valence-electron chi connectivity index (χ2n) is 4.19. The summed E-state index contributed by atoms with van der Waals surface area (Å²) in [5.74, 6) is 1.85. The third kappa shape index (κ3) is 1.95. The van der Waals surface area contributed by atoms with E-state index in [1.807, 2.05) is 0 Å². The Labute approximate surface area is 89.5 Å². The molecule has 0 aliphatic carbocycles. The number of hydrogen-bond acceptors (Lipinski definition) is 5. The number of nitrogen functional groups attached to an aromatic ring is 2. The Balaban J connectivity index is 2.24. The lowest BCUT2D eigenvalue weighted by atomic mass is 10.0. The lowest BCUT2D eigenvalue weighted by Gasteiger charge is -2.32. The second kappa shape index (κ2) is 3.92. The molecular weight excluding hydrogens is 190 g/mol. The van der Waals surface area contributed by atoms with E-state index in [-0.39, 0.29) is 0 Å². The van der Waals surface area contributed by atoms with E-state index < -0.39 is 0 Å². The van der Waals surface area contributed by atoms with Crippen LogP contribution in [0.1, 0.15) is 19.8 Å². The highest BCUT2D eigenvalue weighted by Crippen LogP contribution is 2.27. The van der Waals surface area contributed by atoms with Crippen LogP contribution >= 0.6 is 0 Å². The topological polar surface area (TPSA) is 81.1 Å². The molecule has 0 aromatic carbocycles. The average Bonchev–Trinajstić information content (AvgIpc) is 2.22. The third-order valence-corrected chi connectivity index (χ3v) is 2.85. The van der Waals surface area contributed by atoms with Gasteiger partial charge < -0.3 is 16.4 Å². The number of nitrogens with two attached hydrogens (primary N) is 2. The van der Waals surface area contributed by atoms with Crippen molar-refractivity contribution in [2.45, 2.75) is 19.8 Å². The van der Waals surface area contributed by atoms with Gasteiger partial charge in [0.25, 0.3) is 0 Å². The van der Waals surface area contributed by atoms with Gasteiger partial charge in [-0.3, -0.25) is 0 Å². The summed E-state index contributed by atoms with van der Waals surface area (Å²) >= 11 is 0. The minimum Gasteiger partial charge on any atom is -0.393 e. The van der Waals surface area contributed by atoms with Crippen molar-refractivity contribution < 1.29 is 0 Å². The molecule has 1 saturated heterocycles. The predicted molar refractivity (Wildman–Crippen MR) is 61.5 cm³/mol. The summed E-state index contributed by atoms with van der Waals surface area (Å²) in [7, 11) is 0. The summed E-state index contributed by atoms with van der Waals surface area (Å²) in [6.07, 6.45) is 3.93. The van der Waals surface area contributed by atoms with Gasteiger partial charge in [-0.1, -0.05) is 6.92 Å². The first kappa shape index (κ1) is 10.0. The maximum absolute atomic E-state index is 5.87. The molecule has 1 aliphatic heterocycles. The first-order valence-corrected chi connectivity index (χ1v) is 5.29. The maximum atomic E-state index is 5.87. The highest BCUT2D eigenvalue weighted by atomic mass is 15.2. The van der Waals surface area contributed by atoms with Crippen molar-refractivity contribution in [3.8, 4) is 0 Å². The van der Waals surface area contributed by atoms with Crippen molar-refractivity contribution >= 4 is 17.3 Å². The van der Waals surface area contributed by atoms with Crippen molar-refractivity contribution in [3.05, 3.63) is 6.33 Å². The molecule has 0 amide bonds. The largest absolute Gasteiger partial charge is 0.393 e. The highest BCUT2D eigenvalue weighted by molar-refractivity contribution is 5.73. The summed E-state index contributed by atoms with van der Waals surface area (Å²) in [6, 6.07) is 0. The van der Waals surface area contributed by atoms with Crippen LogP contribution in [0, 0.1) is 5.92 Å². The number of anilines is 3. The summed E-state index contributed by atoms with van der Waals surface area (Å²) in [4.78, 5) is 10.3. The van der Waals surface area contributed by atoms with E-state index in [4.69, 9.17) is 11.5 Å². The van der Waals surface area contributed by atoms with Crippen LogP contribution in [0.25, 0.3) is 0 Å². The van der Waals surface area contributed by atoms with Gasteiger partial charge in [0.05, 0.1) is 0 Å². The quantitative estimate of drug-likeness (QED) is 0.714. The number of rotatable bonds is 1. The fourth-order valence-corrected chi connectivity index (χ4v) is 2.03. The Morgan fingerprint density at radius 2 is 2.20 bits per heavy atom. The van der Waals surface area contributed by atoms with Crippen molar-refractivity contribution in [2.24, 2.45) is 5.92 Å². The fraction of sp³-hybridized carbons (Fsp3) is 0.600. The Kier molecular flexibility index (Phi) is 2.62. The number of piperidine rings is 1. The maximum Gasteiger partial charge on any atom is 0.157 e. The highest BCUT2D eigenvalue weighted by Gasteiger charge is 2.20. The van der Waals surface area contributed by atoms with E-state index in [1.54, 1.807) is 0 Å². The Morgan fingerprint density at radius 3 is 2.93 bits per heavy atom. The molecule has 0 bridgehead atoms. The van der Waals surface area contributed by atoms with Crippen LogP contribution < -0.4 is 16.4 Å². The predicted octanol–water partition coefficient (Wildman–Crippen LogP) is 0.877. The zero-order valence-corrected chi connectivity index (χ0v) is 8.98. The monoisotopic (exact) mass is 207 g/mol.